The maximum absolute atomic E-state index is 13.4. The van der Waals surface area contributed by atoms with Crippen molar-refractivity contribution in [3.05, 3.63) is 23.8 Å². The van der Waals surface area contributed by atoms with Crippen molar-refractivity contribution in [1.82, 2.24) is 0 Å². The summed E-state index contributed by atoms with van der Waals surface area (Å²) in [5, 5.41) is 0. The predicted molar refractivity (Wildman–Crippen MR) is 64.5 cm³/mol. The number of carbonyl (C=O) groups is 1. The topological polar surface area (TPSA) is 44.8 Å². The van der Waals surface area contributed by atoms with Gasteiger partial charge in [-0.3, -0.25) is 0 Å². The molecule has 0 saturated carbocycles. The monoisotopic (exact) mass is 256 g/mol. The summed E-state index contributed by atoms with van der Waals surface area (Å²) in [7, 11) is 1.46. The SMILES string of the molecule is CCOC(=O)C(F)Oc1ccc(CC)cc1OC. The Labute approximate surface area is 106 Å². The molecule has 0 amide bonds. The van der Waals surface area contributed by atoms with Crippen LogP contribution in [0.25, 0.3) is 0 Å². The van der Waals surface area contributed by atoms with E-state index in [0.717, 1.165) is 12.0 Å². The number of ether oxygens (including phenoxy) is 3. The van der Waals surface area contributed by atoms with E-state index in [1.165, 1.54) is 7.11 Å². The van der Waals surface area contributed by atoms with E-state index in [2.05, 4.69) is 4.74 Å². The molecule has 18 heavy (non-hydrogen) atoms. The molecule has 5 heteroatoms. The first-order valence-electron chi connectivity index (χ1n) is 5.76. The van der Waals surface area contributed by atoms with Crippen LogP contribution in [-0.4, -0.2) is 26.0 Å². The summed E-state index contributed by atoms with van der Waals surface area (Å²) in [5.74, 6) is -0.476. The standard InChI is InChI=1S/C13H17FO4/c1-4-9-6-7-10(11(8-9)16-3)18-12(14)13(15)17-5-2/h6-8,12H,4-5H2,1-3H3. The Hall–Kier alpha value is -1.78. The first-order valence-corrected chi connectivity index (χ1v) is 5.76. The molecule has 0 heterocycles. The van der Waals surface area contributed by atoms with Crippen molar-refractivity contribution in [1.29, 1.82) is 0 Å². The minimum absolute atomic E-state index is 0.106. The van der Waals surface area contributed by atoms with Gasteiger partial charge in [-0.1, -0.05) is 13.0 Å². The second kappa shape index (κ2) is 6.83. The van der Waals surface area contributed by atoms with Gasteiger partial charge in [0.05, 0.1) is 13.7 Å². The lowest BCUT2D eigenvalue weighted by Crippen LogP contribution is -2.24. The van der Waals surface area contributed by atoms with Crippen molar-refractivity contribution in [2.24, 2.45) is 0 Å². The van der Waals surface area contributed by atoms with Gasteiger partial charge in [-0.05, 0) is 31.0 Å². The number of hydrogen-bond acceptors (Lipinski definition) is 4. The quantitative estimate of drug-likeness (QED) is 0.733. The number of methoxy groups -OCH3 is 1. The van der Waals surface area contributed by atoms with Gasteiger partial charge in [0.1, 0.15) is 0 Å². The molecule has 0 saturated heterocycles. The number of rotatable bonds is 6. The molecule has 0 aromatic heterocycles. The normalized spacial score (nSPS) is 11.8. The molecule has 0 fully saturated rings. The Bertz CT molecular complexity index is 406. The van der Waals surface area contributed by atoms with E-state index in [4.69, 9.17) is 9.47 Å². The van der Waals surface area contributed by atoms with Crippen molar-refractivity contribution in [3.63, 3.8) is 0 Å². The average Bonchev–Trinajstić information content (AvgIpc) is 2.39. The third-order valence-corrected chi connectivity index (χ3v) is 2.34. The summed E-state index contributed by atoms with van der Waals surface area (Å²) in [6, 6.07) is 5.10. The Morgan fingerprint density at radius 1 is 1.33 bits per heavy atom. The summed E-state index contributed by atoms with van der Waals surface area (Å²) in [6.07, 6.45) is -1.32. The van der Waals surface area contributed by atoms with Crippen LogP contribution >= 0.6 is 0 Å². The summed E-state index contributed by atoms with van der Waals surface area (Å²) in [6.45, 7) is 3.70. The number of benzene rings is 1. The molecular formula is C13H17FO4. The second-order valence-corrected chi connectivity index (χ2v) is 3.52. The lowest BCUT2D eigenvalue weighted by molar-refractivity contribution is -0.159. The molecule has 0 aliphatic heterocycles. The number of esters is 1. The van der Waals surface area contributed by atoms with Crippen molar-refractivity contribution in [3.8, 4) is 11.5 Å². The highest BCUT2D eigenvalue weighted by molar-refractivity contribution is 5.73. The van der Waals surface area contributed by atoms with Crippen LogP contribution in [0.2, 0.25) is 0 Å². The molecule has 0 N–H and O–H groups in total. The summed E-state index contributed by atoms with van der Waals surface area (Å²) >= 11 is 0. The molecule has 0 spiro atoms. The highest BCUT2D eigenvalue weighted by atomic mass is 19.1. The van der Waals surface area contributed by atoms with Crippen LogP contribution in [0.3, 0.4) is 0 Å². The fourth-order valence-electron chi connectivity index (χ4n) is 1.40. The van der Waals surface area contributed by atoms with Crippen LogP contribution < -0.4 is 9.47 Å². The Balaban J connectivity index is 2.80. The fraction of sp³-hybridized carbons (Fsp3) is 0.462. The first kappa shape index (κ1) is 14.3. The van der Waals surface area contributed by atoms with Gasteiger partial charge in [0, 0.05) is 0 Å². The van der Waals surface area contributed by atoms with Crippen LogP contribution in [-0.2, 0) is 16.0 Å². The van der Waals surface area contributed by atoms with E-state index in [0.29, 0.717) is 5.75 Å². The van der Waals surface area contributed by atoms with E-state index < -0.39 is 12.3 Å². The summed E-state index contributed by atoms with van der Waals surface area (Å²) in [5.41, 5.74) is 1.03. The number of halogens is 1. The largest absolute Gasteiger partial charge is 0.493 e. The molecule has 0 aliphatic carbocycles. The van der Waals surface area contributed by atoms with E-state index in [1.807, 2.05) is 6.92 Å². The van der Waals surface area contributed by atoms with Crippen LogP contribution in [0.15, 0.2) is 18.2 Å². The number of alkyl halides is 1. The zero-order chi connectivity index (χ0) is 13.5. The minimum atomic E-state index is -2.15. The van der Waals surface area contributed by atoms with Gasteiger partial charge in [-0.2, -0.15) is 4.39 Å². The first-order chi connectivity index (χ1) is 8.62. The van der Waals surface area contributed by atoms with Crippen molar-refractivity contribution in [2.45, 2.75) is 26.6 Å². The van der Waals surface area contributed by atoms with Gasteiger partial charge in [0.25, 0.3) is 0 Å². The van der Waals surface area contributed by atoms with E-state index in [-0.39, 0.29) is 12.4 Å². The van der Waals surface area contributed by atoms with E-state index in [1.54, 1.807) is 25.1 Å². The summed E-state index contributed by atoms with van der Waals surface area (Å²) in [4.78, 5) is 11.1. The zero-order valence-electron chi connectivity index (χ0n) is 10.7. The third kappa shape index (κ3) is 3.61. The maximum atomic E-state index is 13.4. The van der Waals surface area contributed by atoms with Crippen LogP contribution in [0, 0.1) is 0 Å². The molecule has 1 unspecified atom stereocenters. The Morgan fingerprint density at radius 3 is 2.61 bits per heavy atom. The molecule has 1 aromatic carbocycles. The van der Waals surface area contributed by atoms with Crippen molar-refractivity contribution in [2.75, 3.05) is 13.7 Å². The molecule has 0 bridgehead atoms. The fourth-order valence-corrected chi connectivity index (χ4v) is 1.40. The lowest BCUT2D eigenvalue weighted by atomic mass is 10.1. The van der Waals surface area contributed by atoms with Crippen molar-refractivity contribution >= 4 is 5.97 Å². The third-order valence-electron chi connectivity index (χ3n) is 2.34. The van der Waals surface area contributed by atoms with Gasteiger partial charge in [-0.15, -0.1) is 0 Å². The second-order valence-electron chi connectivity index (χ2n) is 3.52. The Morgan fingerprint density at radius 2 is 2.06 bits per heavy atom. The van der Waals surface area contributed by atoms with Gasteiger partial charge in [0.15, 0.2) is 11.5 Å². The molecule has 0 radical (unpaired) electrons. The lowest BCUT2D eigenvalue weighted by Gasteiger charge is -2.14. The molecule has 1 atom stereocenters. The van der Waals surface area contributed by atoms with Crippen LogP contribution in [0.1, 0.15) is 19.4 Å². The Kier molecular flexibility index (Phi) is 5.42. The molecule has 100 valence electrons. The van der Waals surface area contributed by atoms with Gasteiger partial charge < -0.3 is 14.2 Å². The van der Waals surface area contributed by atoms with Crippen molar-refractivity contribution < 1.29 is 23.4 Å². The highest BCUT2D eigenvalue weighted by Gasteiger charge is 2.22. The van der Waals surface area contributed by atoms with Gasteiger partial charge in [-0.25, -0.2) is 4.79 Å². The van der Waals surface area contributed by atoms with E-state index >= 15 is 0 Å². The van der Waals surface area contributed by atoms with Gasteiger partial charge >= 0.3 is 12.3 Å². The predicted octanol–water partition coefficient (Wildman–Crippen LogP) is 2.50. The van der Waals surface area contributed by atoms with Crippen LogP contribution in [0.4, 0.5) is 4.39 Å². The zero-order valence-corrected chi connectivity index (χ0v) is 10.7. The smallest absolute Gasteiger partial charge is 0.381 e. The number of hydrogen-bond donors (Lipinski definition) is 0. The number of carbonyl (C=O) groups excluding carboxylic acids is 1. The number of aryl methyl sites for hydroxylation is 1. The molecule has 4 nitrogen and oxygen atoms in total. The molecule has 1 aromatic rings. The molecule has 0 aliphatic rings. The van der Waals surface area contributed by atoms with Gasteiger partial charge in [0.2, 0.25) is 0 Å². The average molecular weight is 256 g/mol. The van der Waals surface area contributed by atoms with E-state index in [9.17, 15) is 9.18 Å². The molecule has 1 rings (SSSR count). The minimum Gasteiger partial charge on any atom is -0.493 e. The van der Waals surface area contributed by atoms with Crippen LogP contribution in [0.5, 0.6) is 11.5 Å². The summed E-state index contributed by atoms with van der Waals surface area (Å²) < 4.78 is 27.9. The molecular weight excluding hydrogens is 239 g/mol. The highest BCUT2D eigenvalue weighted by Crippen LogP contribution is 2.29. The maximum Gasteiger partial charge on any atom is 0.381 e.